The van der Waals surface area contributed by atoms with E-state index in [0.29, 0.717) is 6.04 Å². The van der Waals surface area contributed by atoms with Crippen LogP contribution in [0.3, 0.4) is 0 Å². The van der Waals surface area contributed by atoms with E-state index in [9.17, 15) is 0 Å². The molecule has 1 unspecified atom stereocenters. The van der Waals surface area contributed by atoms with Crippen molar-refractivity contribution in [2.24, 2.45) is 4.99 Å². The van der Waals surface area contributed by atoms with E-state index in [1.807, 2.05) is 0 Å². The van der Waals surface area contributed by atoms with Crippen molar-refractivity contribution in [3.63, 3.8) is 0 Å². The largest absolute Gasteiger partial charge is 0.308 e. The van der Waals surface area contributed by atoms with Gasteiger partial charge in [0.1, 0.15) is 0 Å². The van der Waals surface area contributed by atoms with Crippen LogP contribution in [0.4, 0.5) is 0 Å². The number of benzene rings is 1. The number of hydrogen-bond donors (Lipinski definition) is 1. The van der Waals surface area contributed by atoms with Gasteiger partial charge in [0, 0.05) is 24.7 Å². The van der Waals surface area contributed by atoms with Crippen molar-refractivity contribution in [1.82, 2.24) is 5.32 Å². The lowest BCUT2D eigenvalue weighted by Crippen LogP contribution is -2.22. The summed E-state index contributed by atoms with van der Waals surface area (Å²) in [7, 11) is 0. The average Bonchev–Trinajstić information content (AvgIpc) is 2.44. The lowest BCUT2D eigenvalue weighted by molar-refractivity contribution is 0.571. The summed E-state index contributed by atoms with van der Waals surface area (Å²) in [6.45, 7) is 4.01. The smallest absolute Gasteiger partial charge is 0.0513 e. The van der Waals surface area contributed by atoms with E-state index in [1.54, 1.807) is 0 Å². The van der Waals surface area contributed by atoms with E-state index in [1.165, 1.54) is 11.3 Å². The summed E-state index contributed by atoms with van der Waals surface area (Å²) in [6.07, 6.45) is 1.03. The van der Waals surface area contributed by atoms with E-state index in [-0.39, 0.29) is 0 Å². The lowest BCUT2D eigenvalue weighted by atomic mass is 10.0. The van der Waals surface area contributed by atoms with Crippen molar-refractivity contribution < 1.29 is 0 Å². The van der Waals surface area contributed by atoms with Crippen molar-refractivity contribution in [2.45, 2.75) is 19.4 Å². The van der Waals surface area contributed by atoms with Crippen LogP contribution in [0.1, 0.15) is 24.9 Å². The van der Waals surface area contributed by atoms with Crippen molar-refractivity contribution in [1.29, 1.82) is 0 Å². The van der Waals surface area contributed by atoms with Crippen LogP contribution < -0.4 is 5.32 Å². The second-order valence-corrected chi connectivity index (χ2v) is 3.74. The topological polar surface area (TPSA) is 24.4 Å². The molecule has 2 nitrogen and oxygen atoms in total. The molecule has 1 heterocycles. The number of rotatable bonds is 1. The number of nitrogens with zero attached hydrogens (tertiary/aromatic N) is 1. The Bertz CT molecular complexity index is 316. The summed E-state index contributed by atoms with van der Waals surface area (Å²) in [6, 6.07) is 11.0. The summed E-state index contributed by atoms with van der Waals surface area (Å²) in [5.74, 6) is 0. The monoisotopic (exact) mass is 188 g/mol. The fraction of sp³-hybridized carbons (Fsp3) is 0.417. The molecular weight excluding hydrogens is 172 g/mol. The first-order valence-corrected chi connectivity index (χ1v) is 5.14. The second-order valence-electron chi connectivity index (χ2n) is 3.74. The van der Waals surface area contributed by atoms with Crippen LogP contribution in [0.15, 0.2) is 35.3 Å². The first-order valence-electron chi connectivity index (χ1n) is 5.14. The van der Waals surface area contributed by atoms with Crippen molar-refractivity contribution in [3.05, 3.63) is 35.9 Å². The summed E-state index contributed by atoms with van der Waals surface area (Å²) in [4.78, 5) is 4.45. The van der Waals surface area contributed by atoms with Gasteiger partial charge < -0.3 is 5.32 Å². The zero-order chi connectivity index (χ0) is 9.80. The summed E-state index contributed by atoms with van der Waals surface area (Å²) < 4.78 is 0. The van der Waals surface area contributed by atoms with Crippen LogP contribution >= 0.6 is 0 Å². The van der Waals surface area contributed by atoms with Gasteiger partial charge in [0.25, 0.3) is 0 Å². The lowest BCUT2D eigenvalue weighted by Gasteiger charge is -2.15. The highest BCUT2D eigenvalue weighted by molar-refractivity contribution is 5.82. The number of aliphatic imine (C=N–C) groups is 1. The fourth-order valence-electron chi connectivity index (χ4n) is 1.84. The van der Waals surface area contributed by atoms with E-state index in [2.05, 4.69) is 47.6 Å². The summed E-state index contributed by atoms with van der Waals surface area (Å²) in [5.41, 5.74) is 2.62. The molecule has 0 aliphatic carbocycles. The van der Waals surface area contributed by atoms with Crippen molar-refractivity contribution in [3.8, 4) is 0 Å². The minimum Gasteiger partial charge on any atom is -0.308 e. The van der Waals surface area contributed by atoms with Gasteiger partial charge in [-0.1, -0.05) is 30.3 Å². The molecule has 0 saturated carbocycles. The molecule has 2 rings (SSSR count). The highest BCUT2D eigenvalue weighted by Crippen LogP contribution is 2.18. The molecule has 0 amide bonds. The Morgan fingerprint density at radius 1 is 1.29 bits per heavy atom. The second kappa shape index (κ2) is 4.38. The van der Waals surface area contributed by atoms with Gasteiger partial charge in [-0.05, 0) is 12.5 Å². The molecular formula is C12H16N2. The third-order valence-corrected chi connectivity index (χ3v) is 2.59. The van der Waals surface area contributed by atoms with E-state index >= 15 is 0 Å². The Kier molecular flexibility index (Phi) is 2.94. The number of nitrogens with one attached hydrogen (secondary N) is 1. The van der Waals surface area contributed by atoms with E-state index < -0.39 is 0 Å². The minimum absolute atomic E-state index is 0.447. The number of hydrogen-bond acceptors (Lipinski definition) is 2. The molecule has 1 N–H and O–H groups in total. The molecule has 0 fully saturated rings. The predicted molar refractivity (Wildman–Crippen MR) is 59.8 cm³/mol. The molecule has 1 aromatic rings. The first-order chi connectivity index (χ1) is 6.86. The van der Waals surface area contributed by atoms with Crippen LogP contribution in [-0.4, -0.2) is 18.8 Å². The maximum atomic E-state index is 4.45. The average molecular weight is 188 g/mol. The van der Waals surface area contributed by atoms with Crippen molar-refractivity contribution >= 4 is 5.71 Å². The molecule has 1 atom stereocenters. The van der Waals surface area contributed by atoms with Gasteiger partial charge in [0.05, 0.1) is 6.54 Å². The van der Waals surface area contributed by atoms with Crippen LogP contribution in [-0.2, 0) is 0 Å². The van der Waals surface area contributed by atoms with Crippen LogP contribution in [0.5, 0.6) is 0 Å². The molecule has 0 bridgehead atoms. The molecule has 1 aromatic carbocycles. The van der Waals surface area contributed by atoms with E-state index in [0.717, 1.165) is 19.5 Å². The zero-order valence-corrected chi connectivity index (χ0v) is 8.53. The minimum atomic E-state index is 0.447. The van der Waals surface area contributed by atoms with Gasteiger partial charge in [-0.2, -0.15) is 0 Å². The molecule has 1 aliphatic heterocycles. The molecule has 0 radical (unpaired) electrons. The third-order valence-electron chi connectivity index (χ3n) is 2.59. The molecule has 0 saturated heterocycles. The Morgan fingerprint density at radius 2 is 2.07 bits per heavy atom. The van der Waals surface area contributed by atoms with Gasteiger partial charge in [0.2, 0.25) is 0 Å². The van der Waals surface area contributed by atoms with Gasteiger partial charge >= 0.3 is 0 Å². The SMILES string of the molecule is CC1=NCCNC(c2ccccc2)C1. The Labute approximate surface area is 85.1 Å². The highest BCUT2D eigenvalue weighted by Gasteiger charge is 2.13. The highest BCUT2D eigenvalue weighted by atomic mass is 15.0. The summed E-state index contributed by atoms with van der Waals surface area (Å²) in [5, 5.41) is 3.51. The van der Waals surface area contributed by atoms with Crippen LogP contribution in [0, 0.1) is 0 Å². The molecule has 1 aliphatic rings. The predicted octanol–water partition coefficient (Wildman–Crippen LogP) is 2.18. The standard InChI is InChI=1S/C12H16N2/c1-10-9-12(14-8-7-13-10)11-5-3-2-4-6-11/h2-6,12,14H,7-9H2,1H3. The van der Waals surface area contributed by atoms with Crippen molar-refractivity contribution in [2.75, 3.05) is 13.1 Å². The Morgan fingerprint density at radius 3 is 2.86 bits per heavy atom. The van der Waals surface area contributed by atoms with Gasteiger partial charge in [-0.15, -0.1) is 0 Å². The van der Waals surface area contributed by atoms with Crippen LogP contribution in [0.25, 0.3) is 0 Å². The molecule has 2 heteroatoms. The molecule has 14 heavy (non-hydrogen) atoms. The third kappa shape index (κ3) is 2.20. The normalized spacial score (nSPS) is 22.6. The Hall–Kier alpha value is -1.15. The molecule has 74 valence electrons. The van der Waals surface area contributed by atoms with Gasteiger partial charge in [-0.25, -0.2) is 0 Å². The van der Waals surface area contributed by atoms with E-state index in [4.69, 9.17) is 0 Å². The first kappa shape index (κ1) is 9.41. The molecule has 0 aromatic heterocycles. The zero-order valence-electron chi connectivity index (χ0n) is 8.53. The van der Waals surface area contributed by atoms with Gasteiger partial charge in [-0.3, -0.25) is 4.99 Å². The fourth-order valence-corrected chi connectivity index (χ4v) is 1.84. The van der Waals surface area contributed by atoms with Crippen LogP contribution in [0.2, 0.25) is 0 Å². The maximum absolute atomic E-state index is 4.45. The Balaban J connectivity index is 2.15. The summed E-state index contributed by atoms with van der Waals surface area (Å²) >= 11 is 0. The van der Waals surface area contributed by atoms with Gasteiger partial charge in [0.15, 0.2) is 0 Å². The molecule has 0 spiro atoms. The quantitative estimate of drug-likeness (QED) is 0.717. The maximum Gasteiger partial charge on any atom is 0.0513 e.